The highest BCUT2D eigenvalue weighted by molar-refractivity contribution is 5.92. The van der Waals surface area contributed by atoms with Gasteiger partial charge in [-0.15, -0.1) is 0 Å². The fraction of sp³-hybridized carbons (Fsp3) is 0.524. The number of likely N-dealkylation sites (tertiary alicyclic amines) is 1. The van der Waals surface area contributed by atoms with E-state index in [1.54, 1.807) is 30.9 Å². The van der Waals surface area contributed by atoms with E-state index < -0.39 is 0 Å². The lowest BCUT2D eigenvalue weighted by Gasteiger charge is -2.36. The Balaban J connectivity index is 1.46. The van der Waals surface area contributed by atoms with Crippen molar-refractivity contribution in [2.75, 3.05) is 44.2 Å². The summed E-state index contributed by atoms with van der Waals surface area (Å²) in [6, 6.07) is 6.04. The number of nitrogens with zero attached hydrogens (tertiary/aromatic N) is 6. The molecule has 4 rings (SSSR count). The first-order chi connectivity index (χ1) is 13.9. The van der Waals surface area contributed by atoms with Crippen LogP contribution in [0.4, 0.5) is 5.69 Å². The van der Waals surface area contributed by atoms with Gasteiger partial charge < -0.3 is 14.7 Å². The SMILES string of the molecule is CC(=O)N1CCN(c2cc(C)nc(C3CCN(C(=O)c4ccnn4C)C3)c2)CC1. The zero-order valence-corrected chi connectivity index (χ0v) is 17.3. The standard InChI is InChI=1S/C21H28N6O2/c1-15-12-18(26-10-8-25(9-11-26)16(2)28)13-19(23-15)17-5-7-27(14-17)21(29)20-4-6-22-24(20)3/h4,6,12-13,17H,5,7-11,14H2,1-3H3. The van der Waals surface area contributed by atoms with Crippen molar-refractivity contribution in [3.05, 3.63) is 41.5 Å². The third-order valence-electron chi connectivity index (χ3n) is 5.98. The van der Waals surface area contributed by atoms with Crippen LogP contribution in [0, 0.1) is 6.92 Å². The largest absolute Gasteiger partial charge is 0.368 e. The van der Waals surface area contributed by atoms with Crippen molar-refractivity contribution in [2.24, 2.45) is 7.05 Å². The number of rotatable bonds is 3. The molecule has 1 atom stereocenters. The molecule has 0 spiro atoms. The van der Waals surface area contributed by atoms with Crippen LogP contribution in [0.2, 0.25) is 0 Å². The first kappa shape index (κ1) is 19.4. The topological polar surface area (TPSA) is 74.6 Å². The van der Waals surface area contributed by atoms with Gasteiger partial charge in [0.05, 0.1) is 0 Å². The molecular formula is C21H28N6O2. The van der Waals surface area contributed by atoms with Crippen LogP contribution in [0.25, 0.3) is 0 Å². The van der Waals surface area contributed by atoms with Gasteiger partial charge in [-0.3, -0.25) is 19.3 Å². The molecule has 0 N–H and O–H groups in total. The molecule has 2 aliphatic heterocycles. The smallest absolute Gasteiger partial charge is 0.272 e. The molecule has 0 saturated carbocycles. The van der Waals surface area contributed by atoms with E-state index in [0.717, 1.165) is 56.2 Å². The molecule has 2 amide bonds. The zero-order chi connectivity index (χ0) is 20.5. The van der Waals surface area contributed by atoms with Crippen molar-refractivity contribution in [3.63, 3.8) is 0 Å². The van der Waals surface area contributed by atoms with E-state index >= 15 is 0 Å². The van der Waals surface area contributed by atoms with Crippen molar-refractivity contribution < 1.29 is 9.59 Å². The summed E-state index contributed by atoms with van der Waals surface area (Å²) in [6.45, 7) is 8.23. The summed E-state index contributed by atoms with van der Waals surface area (Å²) in [7, 11) is 1.79. The number of amides is 2. The third kappa shape index (κ3) is 3.97. The van der Waals surface area contributed by atoms with Gasteiger partial charge >= 0.3 is 0 Å². The molecule has 29 heavy (non-hydrogen) atoms. The fourth-order valence-corrected chi connectivity index (χ4v) is 4.28. The highest BCUT2D eigenvalue weighted by atomic mass is 16.2. The molecule has 8 nitrogen and oxygen atoms in total. The van der Waals surface area contributed by atoms with Gasteiger partial charge in [-0.2, -0.15) is 5.10 Å². The molecule has 4 heterocycles. The lowest BCUT2D eigenvalue weighted by atomic mass is 10.0. The van der Waals surface area contributed by atoms with Crippen LogP contribution in [0.15, 0.2) is 24.4 Å². The Labute approximate surface area is 171 Å². The predicted molar refractivity (Wildman–Crippen MR) is 110 cm³/mol. The predicted octanol–water partition coefficient (Wildman–Crippen LogP) is 1.42. The van der Waals surface area contributed by atoms with Crippen LogP contribution in [0.1, 0.15) is 41.1 Å². The van der Waals surface area contributed by atoms with Gasteiger partial charge in [-0.1, -0.05) is 0 Å². The number of carbonyl (C=O) groups excluding carboxylic acids is 2. The molecule has 8 heteroatoms. The summed E-state index contributed by atoms with van der Waals surface area (Å²) >= 11 is 0. The Hall–Kier alpha value is -2.90. The molecule has 0 radical (unpaired) electrons. The van der Waals surface area contributed by atoms with Gasteiger partial charge in [-0.05, 0) is 31.5 Å². The van der Waals surface area contributed by atoms with E-state index in [4.69, 9.17) is 4.98 Å². The number of hydrogen-bond acceptors (Lipinski definition) is 5. The molecular weight excluding hydrogens is 368 g/mol. The van der Waals surface area contributed by atoms with Gasteiger partial charge in [0, 0.05) is 82.4 Å². The maximum atomic E-state index is 12.8. The Morgan fingerprint density at radius 3 is 2.48 bits per heavy atom. The van der Waals surface area contributed by atoms with Crippen molar-refractivity contribution in [3.8, 4) is 0 Å². The Bertz CT molecular complexity index is 916. The minimum Gasteiger partial charge on any atom is -0.368 e. The maximum absolute atomic E-state index is 12.8. The molecule has 2 aromatic rings. The van der Waals surface area contributed by atoms with Gasteiger partial charge in [0.1, 0.15) is 5.69 Å². The summed E-state index contributed by atoms with van der Waals surface area (Å²) in [5.74, 6) is 0.408. The fourth-order valence-electron chi connectivity index (χ4n) is 4.28. The minimum atomic E-state index is 0.0285. The maximum Gasteiger partial charge on any atom is 0.272 e. The van der Waals surface area contributed by atoms with Crippen LogP contribution in [0.3, 0.4) is 0 Å². The van der Waals surface area contributed by atoms with Gasteiger partial charge in [-0.25, -0.2) is 0 Å². The van der Waals surface area contributed by atoms with Crippen LogP contribution >= 0.6 is 0 Å². The number of pyridine rings is 1. The monoisotopic (exact) mass is 396 g/mol. The van der Waals surface area contributed by atoms with Gasteiger partial charge in [0.25, 0.3) is 5.91 Å². The number of hydrogen-bond donors (Lipinski definition) is 0. The molecule has 1 unspecified atom stereocenters. The Morgan fingerprint density at radius 2 is 1.83 bits per heavy atom. The van der Waals surface area contributed by atoms with E-state index in [2.05, 4.69) is 22.1 Å². The van der Waals surface area contributed by atoms with Crippen LogP contribution in [-0.4, -0.2) is 75.6 Å². The van der Waals surface area contributed by atoms with Gasteiger partial charge in [0.2, 0.25) is 5.91 Å². The van der Waals surface area contributed by atoms with Crippen LogP contribution in [-0.2, 0) is 11.8 Å². The van der Waals surface area contributed by atoms with E-state index in [0.29, 0.717) is 12.2 Å². The van der Waals surface area contributed by atoms with E-state index in [9.17, 15) is 9.59 Å². The zero-order valence-electron chi connectivity index (χ0n) is 17.3. The van der Waals surface area contributed by atoms with Gasteiger partial charge in [0.15, 0.2) is 0 Å². The second-order valence-corrected chi connectivity index (χ2v) is 7.96. The first-order valence-corrected chi connectivity index (χ1v) is 10.2. The summed E-state index contributed by atoms with van der Waals surface area (Å²) in [6.07, 6.45) is 2.57. The average molecular weight is 396 g/mol. The summed E-state index contributed by atoms with van der Waals surface area (Å²) in [5, 5.41) is 4.10. The van der Waals surface area contributed by atoms with Crippen LogP contribution < -0.4 is 4.90 Å². The second kappa shape index (κ2) is 7.85. The lowest BCUT2D eigenvalue weighted by Crippen LogP contribution is -2.48. The second-order valence-electron chi connectivity index (χ2n) is 7.96. The number of aromatic nitrogens is 3. The summed E-state index contributed by atoms with van der Waals surface area (Å²) in [4.78, 5) is 35.3. The lowest BCUT2D eigenvalue weighted by molar-refractivity contribution is -0.129. The van der Waals surface area contributed by atoms with E-state index in [-0.39, 0.29) is 17.7 Å². The normalized spacial score (nSPS) is 19.7. The van der Waals surface area contributed by atoms with E-state index in [1.165, 1.54) is 0 Å². The Morgan fingerprint density at radius 1 is 1.07 bits per heavy atom. The van der Waals surface area contributed by atoms with Crippen molar-refractivity contribution in [1.82, 2.24) is 24.6 Å². The first-order valence-electron chi connectivity index (χ1n) is 10.2. The van der Waals surface area contributed by atoms with Crippen molar-refractivity contribution in [1.29, 1.82) is 0 Å². The van der Waals surface area contributed by atoms with Crippen molar-refractivity contribution in [2.45, 2.75) is 26.2 Å². The summed E-state index contributed by atoms with van der Waals surface area (Å²) < 4.78 is 1.62. The molecule has 2 aliphatic rings. The number of aryl methyl sites for hydroxylation is 2. The highest BCUT2D eigenvalue weighted by Gasteiger charge is 2.30. The Kier molecular flexibility index (Phi) is 5.25. The van der Waals surface area contributed by atoms with E-state index in [1.807, 2.05) is 16.7 Å². The van der Waals surface area contributed by atoms with Crippen LogP contribution in [0.5, 0.6) is 0 Å². The summed E-state index contributed by atoms with van der Waals surface area (Å²) in [5.41, 5.74) is 3.82. The highest BCUT2D eigenvalue weighted by Crippen LogP contribution is 2.30. The minimum absolute atomic E-state index is 0.0285. The molecule has 0 aromatic carbocycles. The molecule has 0 bridgehead atoms. The quantitative estimate of drug-likeness (QED) is 0.785. The molecule has 2 aromatic heterocycles. The number of anilines is 1. The molecule has 0 aliphatic carbocycles. The third-order valence-corrected chi connectivity index (χ3v) is 5.98. The van der Waals surface area contributed by atoms with Crippen molar-refractivity contribution >= 4 is 17.5 Å². The molecule has 154 valence electrons. The number of carbonyl (C=O) groups is 2. The number of piperazine rings is 1. The molecule has 2 fully saturated rings. The molecule has 2 saturated heterocycles. The average Bonchev–Trinajstić information content (AvgIpc) is 3.36.